The number of rotatable bonds is 5. The third-order valence-corrected chi connectivity index (χ3v) is 1.90. The molecule has 0 aliphatic carbocycles. The number of carbonyl (C=O) groups is 1. The molecule has 0 spiro atoms. The molecule has 86 valence electrons. The minimum absolute atomic E-state index is 0. The molecule has 0 aliphatic rings. The number of carboxylic acids is 1. The Kier molecular flexibility index (Phi) is 7.20. The summed E-state index contributed by atoms with van der Waals surface area (Å²) >= 11 is 0. The molecule has 0 unspecified atom stereocenters. The summed E-state index contributed by atoms with van der Waals surface area (Å²) in [7, 11) is 1.53. The van der Waals surface area contributed by atoms with E-state index in [0.717, 1.165) is 6.08 Å². The summed E-state index contributed by atoms with van der Waals surface area (Å²) in [6.45, 7) is 2.42. The number of carboxylic acid groups (broad SMARTS) is 1. The second-order valence-corrected chi connectivity index (χ2v) is 3.00. The first-order valence-corrected chi connectivity index (χ1v) is 4.87. The molecule has 0 aromatic heterocycles. The number of benzene rings is 1. The summed E-state index contributed by atoms with van der Waals surface area (Å²) in [6.07, 6.45) is 2.41. The third-order valence-electron chi connectivity index (χ3n) is 1.90. The Morgan fingerprint density at radius 2 is 2.12 bits per heavy atom. The maximum atomic E-state index is 10.2. The van der Waals surface area contributed by atoms with Crippen molar-refractivity contribution in [2.24, 2.45) is 0 Å². The Bertz CT molecular complexity index is 401. The molecular formula is C12H13LiO4. The van der Waals surface area contributed by atoms with Gasteiger partial charge in [-0.1, -0.05) is 12.1 Å². The molecule has 1 aromatic carbocycles. The average Bonchev–Trinajstić information content (AvgIpc) is 2.28. The van der Waals surface area contributed by atoms with Gasteiger partial charge in [0, 0.05) is 0 Å². The van der Waals surface area contributed by atoms with Gasteiger partial charge in [-0.05, 0) is 30.7 Å². The van der Waals surface area contributed by atoms with Crippen molar-refractivity contribution in [3.8, 4) is 11.5 Å². The quantitative estimate of drug-likeness (QED) is 0.426. The fourth-order valence-electron chi connectivity index (χ4n) is 1.23. The molecule has 0 radical (unpaired) electrons. The van der Waals surface area contributed by atoms with Crippen LogP contribution in [-0.4, -0.2) is 19.7 Å². The molecule has 0 saturated heterocycles. The molecule has 0 heterocycles. The smallest absolute Gasteiger partial charge is 0.545 e. The van der Waals surface area contributed by atoms with Crippen molar-refractivity contribution in [3.05, 3.63) is 29.8 Å². The summed E-state index contributed by atoms with van der Waals surface area (Å²) in [5, 5.41) is 10.2. The van der Waals surface area contributed by atoms with E-state index in [1.54, 1.807) is 18.2 Å². The maximum Gasteiger partial charge on any atom is 1.00 e. The van der Waals surface area contributed by atoms with Crippen molar-refractivity contribution in [2.75, 3.05) is 13.7 Å². The molecule has 0 saturated carbocycles. The van der Waals surface area contributed by atoms with Crippen LogP contribution in [0.25, 0.3) is 6.08 Å². The van der Waals surface area contributed by atoms with Gasteiger partial charge in [0.2, 0.25) is 0 Å². The summed E-state index contributed by atoms with van der Waals surface area (Å²) in [4.78, 5) is 10.2. The first-order valence-electron chi connectivity index (χ1n) is 4.87. The van der Waals surface area contributed by atoms with Crippen LogP contribution >= 0.6 is 0 Å². The number of hydrogen-bond acceptors (Lipinski definition) is 4. The molecule has 0 aliphatic heterocycles. The van der Waals surface area contributed by atoms with E-state index in [4.69, 9.17) is 9.47 Å². The van der Waals surface area contributed by atoms with Gasteiger partial charge in [0.05, 0.1) is 19.7 Å². The van der Waals surface area contributed by atoms with Crippen LogP contribution in [0.3, 0.4) is 0 Å². The van der Waals surface area contributed by atoms with Gasteiger partial charge in [-0.3, -0.25) is 0 Å². The van der Waals surface area contributed by atoms with E-state index in [0.29, 0.717) is 23.7 Å². The molecule has 0 N–H and O–H groups in total. The number of aliphatic carboxylic acids is 1. The van der Waals surface area contributed by atoms with Crippen molar-refractivity contribution in [2.45, 2.75) is 6.92 Å². The van der Waals surface area contributed by atoms with E-state index >= 15 is 0 Å². The Hall–Kier alpha value is -1.37. The van der Waals surface area contributed by atoms with Gasteiger partial charge in [-0.2, -0.15) is 0 Å². The van der Waals surface area contributed by atoms with E-state index in [2.05, 4.69) is 0 Å². The van der Waals surface area contributed by atoms with Crippen LogP contribution in [0.1, 0.15) is 12.5 Å². The molecule has 4 nitrogen and oxygen atoms in total. The van der Waals surface area contributed by atoms with Crippen molar-refractivity contribution in [1.29, 1.82) is 0 Å². The Morgan fingerprint density at radius 1 is 1.41 bits per heavy atom. The maximum absolute atomic E-state index is 10.2. The van der Waals surface area contributed by atoms with Gasteiger partial charge in [-0.15, -0.1) is 0 Å². The first kappa shape index (κ1) is 15.6. The normalized spacial score (nSPS) is 9.76. The van der Waals surface area contributed by atoms with E-state index in [1.165, 1.54) is 13.2 Å². The number of ether oxygens (including phenoxy) is 2. The predicted molar refractivity (Wildman–Crippen MR) is 58.2 cm³/mol. The Morgan fingerprint density at radius 3 is 2.65 bits per heavy atom. The molecule has 0 atom stereocenters. The SMILES string of the molecule is CCOc1ccc(/C=C/C(=O)[O-])cc1OC.[Li+]. The van der Waals surface area contributed by atoms with Crippen molar-refractivity contribution in [1.82, 2.24) is 0 Å². The largest absolute Gasteiger partial charge is 1.00 e. The summed E-state index contributed by atoms with van der Waals surface area (Å²) in [5.41, 5.74) is 0.713. The van der Waals surface area contributed by atoms with E-state index in [1.807, 2.05) is 6.92 Å². The van der Waals surface area contributed by atoms with E-state index in [9.17, 15) is 9.90 Å². The average molecular weight is 228 g/mol. The molecular weight excluding hydrogens is 215 g/mol. The minimum atomic E-state index is -1.23. The van der Waals surface area contributed by atoms with E-state index in [-0.39, 0.29) is 18.9 Å². The Labute approximate surface area is 112 Å². The zero-order chi connectivity index (χ0) is 12.0. The number of methoxy groups -OCH3 is 1. The molecule has 0 fully saturated rings. The van der Waals surface area contributed by atoms with Gasteiger partial charge in [0.25, 0.3) is 0 Å². The van der Waals surface area contributed by atoms with Crippen LogP contribution in [-0.2, 0) is 4.79 Å². The van der Waals surface area contributed by atoms with Crippen molar-refractivity contribution < 1.29 is 38.2 Å². The monoisotopic (exact) mass is 228 g/mol. The fraction of sp³-hybridized carbons (Fsp3) is 0.250. The second kappa shape index (κ2) is 7.83. The number of hydrogen-bond donors (Lipinski definition) is 0. The van der Waals surface area contributed by atoms with Gasteiger partial charge in [0.15, 0.2) is 11.5 Å². The molecule has 17 heavy (non-hydrogen) atoms. The minimum Gasteiger partial charge on any atom is -0.545 e. The Balaban J connectivity index is 0.00000256. The van der Waals surface area contributed by atoms with Crippen molar-refractivity contribution >= 4 is 12.0 Å². The standard InChI is InChI=1S/C12H14O4.Li/c1-3-16-10-6-4-9(5-7-12(13)14)8-11(10)15-2;/h4-8H,3H2,1-2H3,(H,13,14);/q;+1/p-1/b7-5+;. The summed E-state index contributed by atoms with van der Waals surface area (Å²) < 4.78 is 10.5. The van der Waals surface area contributed by atoms with Gasteiger partial charge >= 0.3 is 18.9 Å². The molecule has 0 amide bonds. The third kappa shape index (κ3) is 4.99. The zero-order valence-corrected chi connectivity index (χ0v) is 10.2. The van der Waals surface area contributed by atoms with Gasteiger partial charge in [0.1, 0.15) is 0 Å². The van der Waals surface area contributed by atoms with Crippen LogP contribution in [0.5, 0.6) is 11.5 Å². The van der Waals surface area contributed by atoms with Crippen LogP contribution in [0.15, 0.2) is 24.3 Å². The molecule has 0 bridgehead atoms. The fourth-order valence-corrected chi connectivity index (χ4v) is 1.23. The van der Waals surface area contributed by atoms with Crippen molar-refractivity contribution in [3.63, 3.8) is 0 Å². The van der Waals surface area contributed by atoms with Gasteiger partial charge in [-0.25, -0.2) is 0 Å². The van der Waals surface area contributed by atoms with Crippen LogP contribution in [0.2, 0.25) is 0 Å². The molecule has 5 heteroatoms. The summed E-state index contributed by atoms with van der Waals surface area (Å²) in [5.74, 6) is -0.0224. The van der Waals surface area contributed by atoms with Crippen LogP contribution in [0, 0.1) is 0 Å². The number of carbonyl (C=O) groups excluding carboxylic acids is 1. The summed E-state index contributed by atoms with van der Waals surface area (Å²) in [6, 6.07) is 5.18. The van der Waals surface area contributed by atoms with Gasteiger partial charge < -0.3 is 19.4 Å². The molecule has 1 rings (SSSR count). The van der Waals surface area contributed by atoms with Crippen LogP contribution < -0.4 is 33.4 Å². The predicted octanol–water partition coefficient (Wildman–Crippen LogP) is -2.14. The molecule has 1 aromatic rings. The topological polar surface area (TPSA) is 58.6 Å². The van der Waals surface area contributed by atoms with E-state index < -0.39 is 5.97 Å². The first-order chi connectivity index (χ1) is 7.67. The second-order valence-electron chi connectivity index (χ2n) is 3.00. The zero-order valence-electron chi connectivity index (χ0n) is 10.2. The van der Waals surface area contributed by atoms with Crippen LogP contribution in [0.4, 0.5) is 0 Å².